The summed E-state index contributed by atoms with van der Waals surface area (Å²) in [5, 5.41) is 6.69. The highest BCUT2D eigenvalue weighted by atomic mass is 19.1. The van der Waals surface area contributed by atoms with Gasteiger partial charge in [0.15, 0.2) is 11.5 Å². The Hall–Kier alpha value is -4.24. The van der Waals surface area contributed by atoms with Crippen LogP contribution in [-0.4, -0.2) is 54.6 Å². The van der Waals surface area contributed by atoms with E-state index in [1.165, 1.54) is 23.5 Å². The molecule has 1 saturated heterocycles. The van der Waals surface area contributed by atoms with Crippen molar-refractivity contribution in [2.75, 3.05) is 44.5 Å². The second kappa shape index (κ2) is 12.3. The second-order valence-corrected chi connectivity index (χ2v) is 11.4. The SMILES string of the molecule is COc1cc2c(Nc3cc(NC(=O)CC4Cc5ccccc5C4)ccc3F)ncnc2cc1OCC1CCN(C)CC1. The minimum absolute atomic E-state index is 0.0876. The number of fused-ring (bicyclic) bond motifs is 2. The molecule has 3 aromatic carbocycles. The zero-order valence-electron chi connectivity index (χ0n) is 24.0. The van der Waals surface area contributed by atoms with Crippen LogP contribution >= 0.6 is 0 Å². The third-order valence-electron chi connectivity index (χ3n) is 8.35. The Morgan fingerprint density at radius 1 is 1.00 bits per heavy atom. The molecular weight excluding hydrogens is 533 g/mol. The molecule has 9 heteroatoms. The first kappa shape index (κ1) is 27.9. The van der Waals surface area contributed by atoms with Crippen LogP contribution in [-0.2, 0) is 17.6 Å². The molecule has 0 radical (unpaired) electrons. The highest BCUT2D eigenvalue weighted by Crippen LogP contribution is 2.36. The summed E-state index contributed by atoms with van der Waals surface area (Å²) in [5.74, 6) is 1.81. The second-order valence-electron chi connectivity index (χ2n) is 11.4. The van der Waals surface area contributed by atoms with Crippen LogP contribution in [0.25, 0.3) is 10.9 Å². The molecule has 1 aliphatic heterocycles. The van der Waals surface area contributed by atoms with Gasteiger partial charge in [-0.25, -0.2) is 14.4 Å². The Kier molecular flexibility index (Phi) is 8.19. The molecule has 1 aliphatic carbocycles. The van der Waals surface area contributed by atoms with Crippen LogP contribution in [0.3, 0.4) is 0 Å². The lowest BCUT2D eigenvalue weighted by molar-refractivity contribution is -0.117. The molecule has 6 rings (SSSR count). The zero-order valence-corrected chi connectivity index (χ0v) is 24.0. The highest BCUT2D eigenvalue weighted by Gasteiger charge is 2.24. The minimum atomic E-state index is -0.462. The summed E-state index contributed by atoms with van der Waals surface area (Å²) < 4.78 is 26.7. The Morgan fingerprint density at radius 2 is 1.76 bits per heavy atom. The quantitative estimate of drug-likeness (QED) is 0.256. The van der Waals surface area contributed by atoms with Crippen molar-refractivity contribution in [3.05, 3.63) is 77.9 Å². The lowest BCUT2D eigenvalue weighted by atomic mass is 9.98. The van der Waals surface area contributed by atoms with Crippen LogP contribution < -0.4 is 20.1 Å². The van der Waals surface area contributed by atoms with Crippen molar-refractivity contribution in [1.29, 1.82) is 0 Å². The summed E-state index contributed by atoms with van der Waals surface area (Å²) in [5.41, 5.74) is 3.98. The van der Waals surface area contributed by atoms with E-state index in [4.69, 9.17) is 9.47 Å². The third kappa shape index (κ3) is 6.31. The van der Waals surface area contributed by atoms with Gasteiger partial charge in [-0.2, -0.15) is 0 Å². The van der Waals surface area contributed by atoms with Crippen molar-refractivity contribution in [3.63, 3.8) is 0 Å². The van der Waals surface area contributed by atoms with E-state index in [0.717, 1.165) is 38.8 Å². The smallest absolute Gasteiger partial charge is 0.224 e. The largest absolute Gasteiger partial charge is 0.493 e. The van der Waals surface area contributed by atoms with Crippen molar-refractivity contribution in [2.24, 2.45) is 11.8 Å². The fourth-order valence-corrected chi connectivity index (χ4v) is 5.97. The number of piperidine rings is 1. The van der Waals surface area contributed by atoms with E-state index in [2.05, 4.69) is 44.7 Å². The Bertz CT molecular complexity index is 1560. The number of carbonyl (C=O) groups excluding carboxylic acids is 1. The van der Waals surface area contributed by atoms with Crippen molar-refractivity contribution >= 4 is 34.0 Å². The number of hydrogen-bond donors (Lipinski definition) is 2. The van der Waals surface area contributed by atoms with E-state index < -0.39 is 5.82 Å². The minimum Gasteiger partial charge on any atom is -0.493 e. The highest BCUT2D eigenvalue weighted by molar-refractivity contribution is 5.94. The van der Waals surface area contributed by atoms with Crippen LogP contribution in [0, 0.1) is 17.7 Å². The van der Waals surface area contributed by atoms with Gasteiger partial charge in [0, 0.05) is 23.6 Å². The maximum absolute atomic E-state index is 14.9. The first-order valence-corrected chi connectivity index (χ1v) is 14.5. The first-order valence-electron chi connectivity index (χ1n) is 14.5. The number of halogens is 1. The van der Waals surface area contributed by atoms with Gasteiger partial charge in [0.25, 0.3) is 0 Å². The van der Waals surface area contributed by atoms with E-state index in [9.17, 15) is 9.18 Å². The van der Waals surface area contributed by atoms with Gasteiger partial charge < -0.3 is 25.0 Å². The first-order chi connectivity index (χ1) is 20.4. The van der Waals surface area contributed by atoms with Gasteiger partial charge in [0.2, 0.25) is 5.91 Å². The lowest BCUT2D eigenvalue weighted by Crippen LogP contribution is -2.32. The van der Waals surface area contributed by atoms with Crippen molar-refractivity contribution in [3.8, 4) is 11.5 Å². The monoisotopic (exact) mass is 569 g/mol. The van der Waals surface area contributed by atoms with Gasteiger partial charge in [-0.3, -0.25) is 4.79 Å². The number of anilines is 3. The summed E-state index contributed by atoms with van der Waals surface area (Å²) in [4.78, 5) is 24.0. The Labute approximate surface area is 245 Å². The van der Waals surface area contributed by atoms with E-state index in [1.54, 1.807) is 19.2 Å². The van der Waals surface area contributed by atoms with Crippen molar-refractivity contribution in [2.45, 2.75) is 32.1 Å². The zero-order chi connectivity index (χ0) is 29.1. The van der Waals surface area contributed by atoms with Gasteiger partial charge in [0.1, 0.15) is 18.0 Å². The summed E-state index contributed by atoms with van der Waals surface area (Å²) >= 11 is 0. The molecule has 0 atom stereocenters. The van der Waals surface area contributed by atoms with Crippen LogP contribution in [0.4, 0.5) is 21.6 Å². The average Bonchev–Trinajstić information content (AvgIpc) is 3.40. The molecule has 2 aliphatic rings. The van der Waals surface area contributed by atoms with E-state index in [-0.39, 0.29) is 17.5 Å². The summed E-state index contributed by atoms with van der Waals surface area (Å²) in [7, 11) is 3.74. The summed E-state index contributed by atoms with van der Waals surface area (Å²) in [6.45, 7) is 2.76. The number of hydrogen-bond acceptors (Lipinski definition) is 7. The molecule has 1 aromatic heterocycles. The fourth-order valence-electron chi connectivity index (χ4n) is 5.97. The molecule has 42 heavy (non-hydrogen) atoms. The van der Waals surface area contributed by atoms with Gasteiger partial charge in [-0.15, -0.1) is 0 Å². The third-order valence-corrected chi connectivity index (χ3v) is 8.35. The maximum Gasteiger partial charge on any atom is 0.224 e. The Balaban J connectivity index is 1.15. The van der Waals surface area contributed by atoms with Gasteiger partial charge in [0.05, 0.1) is 24.9 Å². The molecule has 8 nitrogen and oxygen atoms in total. The van der Waals surface area contributed by atoms with Gasteiger partial charge >= 0.3 is 0 Å². The van der Waals surface area contributed by atoms with Gasteiger partial charge in [-0.05, 0) is 93.0 Å². The number of likely N-dealkylation sites (tertiary alicyclic amines) is 1. The number of carbonyl (C=O) groups is 1. The number of methoxy groups -OCH3 is 1. The van der Waals surface area contributed by atoms with E-state index in [1.807, 2.05) is 24.3 Å². The molecule has 0 bridgehead atoms. The molecule has 0 unspecified atom stereocenters. The summed E-state index contributed by atoms with van der Waals surface area (Å²) in [6.07, 6.45) is 5.84. The molecule has 0 spiro atoms. The number of amides is 1. The predicted octanol–water partition coefficient (Wildman–Crippen LogP) is 5.99. The number of benzene rings is 3. The number of nitrogens with zero attached hydrogens (tertiary/aromatic N) is 3. The number of ether oxygens (including phenoxy) is 2. The topological polar surface area (TPSA) is 88.6 Å². The van der Waals surface area contributed by atoms with E-state index in [0.29, 0.717) is 52.9 Å². The maximum atomic E-state index is 14.9. The van der Waals surface area contributed by atoms with Crippen LogP contribution in [0.1, 0.15) is 30.4 Å². The molecule has 1 amide bonds. The lowest BCUT2D eigenvalue weighted by Gasteiger charge is -2.28. The van der Waals surface area contributed by atoms with Crippen molar-refractivity contribution < 1.29 is 18.7 Å². The molecular formula is C33H36FN5O3. The number of aromatic nitrogens is 2. The average molecular weight is 570 g/mol. The Morgan fingerprint density at radius 3 is 2.50 bits per heavy atom. The molecule has 1 fully saturated rings. The summed E-state index contributed by atoms with van der Waals surface area (Å²) in [6, 6.07) is 16.5. The van der Waals surface area contributed by atoms with Crippen LogP contribution in [0.15, 0.2) is 60.9 Å². The standard InChI is InChI=1S/C33H36FN5O3/c1-39-11-9-21(10-12-39)19-42-31-18-28-26(17-30(31)41-2)33(36-20-35-28)38-29-16-25(7-8-27(29)34)37-32(40)15-22-13-23-5-3-4-6-24(23)14-22/h3-8,16-18,20-22H,9-15,19H2,1-2H3,(H,37,40)(H,35,36,38). The fraction of sp³-hybridized carbons (Fsp3) is 0.364. The molecule has 0 saturated carbocycles. The molecule has 218 valence electrons. The molecule has 2 N–H and O–H groups in total. The normalized spacial score (nSPS) is 15.9. The predicted molar refractivity (Wildman–Crippen MR) is 162 cm³/mol. The van der Waals surface area contributed by atoms with E-state index >= 15 is 0 Å². The van der Waals surface area contributed by atoms with Crippen LogP contribution in [0.2, 0.25) is 0 Å². The molecule has 4 aromatic rings. The van der Waals surface area contributed by atoms with Gasteiger partial charge in [-0.1, -0.05) is 24.3 Å². The molecule has 2 heterocycles. The number of rotatable bonds is 9. The van der Waals surface area contributed by atoms with Crippen molar-refractivity contribution in [1.82, 2.24) is 14.9 Å². The number of nitrogens with one attached hydrogen (secondary N) is 2. The van der Waals surface area contributed by atoms with Crippen LogP contribution in [0.5, 0.6) is 11.5 Å².